The van der Waals surface area contributed by atoms with Crippen molar-refractivity contribution >= 4 is 64.6 Å². The van der Waals surface area contributed by atoms with E-state index in [0.717, 1.165) is 11.4 Å². The van der Waals surface area contributed by atoms with Gasteiger partial charge in [-0.15, -0.1) is 11.4 Å². The summed E-state index contributed by atoms with van der Waals surface area (Å²) in [5.41, 5.74) is 2.92. The molecule has 0 unspecified atom stereocenters. The summed E-state index contributed by atoms with van der Waals surface area (Å²) in [6, 6.07) is 22.6. The maximum absolute atomic E-state index is 6.17. The molecule has 0 bridgehead atoms. The second kappa shape index (κ2) is 11.0. The van der Waals surface area contributed by atoms with Gasteiger partial charge in [-0.05, 0) is 12.1 Å². The average Bonchev–Trinajstić information content (AvgIpc) is 2.61. The molecule has 0 aromatic heterocycles. The Kier molecular flexibility index (Phi) is 8.98. The van der Waals surface area contributed by atoms with E-state index in [2.05, 4.69) is 10.6 Å². The van der Waals surface area contributed by atoms with Crippen molar-refractivity contribution in [3.05, 3.63) is 93.5 Å². The zero-order valence-corrected chi connectivity index (χ0v) is 17.4. The molecule has 2 nitrogen and oxygen atoms in total. The van der Waals surface area contributed by atoms with Crippen molar-refractivity contribution in [2.45, 2.75) is 0 Å². The minimum atomic E-state index is -0.556. The average molecular weight is 446 g/mol. The van der Waals surface area contributed by atoms with Crippen molar-refractivity contribution in [2.24, 2.45) is 0 Å². The number of rotatable bonds is 4. The third kappa shape index (κ3) is 6.42. The van der Waals surface area contributed by atoms with Gasteiger partial charge in [-0.25, -0.2) is 0 Å². The summed E-state index contributed by atoms with van der Waals surface area (Å²) in [5.74, 6) is 0. The fourth-order valence-corrected chi connectivity index (χ4v) is 2.35. The van der Waals surface area contributed by atoms with Crippen LogP contribution >= 0.6 is 41.8 Å². The van der Waals surface area contributed by atoms with Gasteiger partial charge in [0, 0.05) is 10.0 Å². The van der Waals surface area contributed by atoms with Crippen molar-refractivity contribution in [1.82, 2.24) is 0 Å². The van der Waals surface area contributed by atoms with E-state index in [0.29, 0.717) is 21.4 Å². The molecule has 0 heterocycles. The van der Waals surface area contributed by atoms with E-state index >= 15 is 0 Å². The Morgan fingerprint density at radius 1 is 0.520 bits per heavy atom. The first-order valence-corrected chi connectivity index (χ1v) is 12.2. The van der Waals surface area contributed by atoms with Gasteiger partial charge in [0.15, 0.2) is 0 Å². The van der Waals surface area contributed by atoms with E-state index in [9.17, 15) is 0 Å². The SMILES string of the molecule is Clc1ccccc1[N-]c1ccccc1[N-]c1ccccc1Cl.[Cl][Ti][Cl]. The van der Waals surface area contributed by atoms with Crippen molar-refractivity contribution < 1.29 is 17.0 Å². The van der Waals surface area contributed by atoms with Crippen LogP contribution in [-0.4, -0.2) is 0 Å². The summed E-state index contributed by atoms with van der Waals surface area (Å²) in [4.78, 5) is 0. The van der Waals surface area contributed by atoms with E-state index in [1.54, 1.807) is 0 Å². The zero-order chi connectivity index (χ0) is 18.1. The molecular formula is C18H12Cl4N2Ti-2. The van der Waals surface area contributed by atoms with Crippen molar-refractivity contribution in [2.75, 3.05) is 0 Å². The molecule has 0 aliphatic rings. The van der Waals surface area contributed by atoms with Crippen LogP contribution in [0.4, 0.5) is 22.7 Å². The predicted octanol–water partition coefficient (Wildman–Crippen LogP) is 9.04. The van der Waals surface area contributed by atoms with Crippen molar-refractivity contribution in [1.29, 1.82) is 0 Å². The summed E-state index contributed by atoms with van der Waals surface area (Å²) in [6.45, 7) is 0. The fourth-order valence-electron chi connectivity index (χ4n) is 2.00. The number of benzene rings is 3. The molecule has 3 aromatic rings. The third-order valence-corrected chi connectivity index (χ3v) is 3.71. The topological polar surface area (TPSA) is 28.2 Å². The fraction of sp³-hybridized carbons (Fsp3) is 0. The van der Waals surface area contributed by atoms with Crippen molar-refractivity contribution in [3.63, 3.8) is 0 Å². The van der Waals surface area contributed by atoms with E-state index in [-0.39, 0.29) is 0 Å². The van der Waals surface area contributed by atoms with E-state index in [1.807, 2.05) is 72.8 Å². The zero-order valence-electron chi connectivity index (χ0n) is 12.8. The van der Waals surface area contributed by atoms with Crippen LogP contribution in [0.15, 0.2) is 72.8 Å². The summed E-state index contributed by atoms with van der Waals surface area (Å²) in [7, 11) is 9.78. The van der Waals surface area contributed by atoms with Gasteiger partial charge in [-0.2, -0.15) is 11.4 Å². The van der Waals surface area contributed by atoms with Crippen LogP contribution in [-0.2, 0) is 17.0 Å². The first-order chi connectivity index (χ1) is 12.2. The Bertz CT molecular complexity index is 748. The molecule has 0 saturated heterocycles. The molecule has 25 heavy (non-hydrogen) atoms. The Morgan fingerprint density at radius 3 is 1.12 bits per heavy atom. The minimum absolute atomic E-state index is 0.556. The molecule has 0 radical (unpaired) electrons. The second-order valence-corrected chi connectivity index (χ2v) is 8.08. The first kappa shape index (κ1) is 20.4. The van der Waals surface area contributed by atoms with Gasteiger partial charge in [-0.1, -0.05) is 83.9 Å². The number of para-hydroxylation sites is 4. The Labute approximate surface area is 174 Å². The molecule has 3 aromatic carbocycles. The molecule has 0 aliphatic heterocycles. The number of hydrogen-bond acceptors (Lipinski definition) is 0. The van der Waals surface area contributed by atoms with Crippen LogP contribution in [0.3, 0.4) is 0 Å². The molecule has 3 rings (SSSR count). The Balaban J connectivity index is 0.000000701. The Hall–Kier alpha value is -0.866. The van der Waals surface area contributed by atoms with Gasteiger partial charge in [0.2, 0.25) is 0 Å². The predicted molar refractivity (Wildman–Crippen MR) is 106 cm³/mol. The molecule has 0 amide bonds. The van der Waals surface area contributed by atoms with Crippen LogP contribution in [0, 0.1) is 0 Å². The van der Waals surface area contributed by atoms with E-state index in [1.165, 1.54) is 0 Å². The van der Waals surface area contributed by atoms with E-state index < -0.39 is 17.0 Å². The normalized spacial score (nSPS) is 9.60. The van der Waals surface area contributed by atoms with Crippen LogP contribution < -0.4 is 0 Å². The maximum atomic E-state index is 6.17. The molecule has 128 valence electrons. The van der Waals surface area contributed by atoms with Crippen LogP contribution in [0.25, 0.3) is 10.6 Å². The van der Waals surface area contributed by atoms with Crippen LogP contribution in [0.1, 0.15) is 0 Å². The van der Waals surface area contributed by atoms with Gasteiger partial charge in [-0.3, -0.25) is 0 Å². The molecular weight excluding hydrogens is 434 g/mol. The summed E-state index contributed by atoms with van der Waals surface area (Å²) in [6.07, 6.45) is 0. The van der Waals surface area contributed by atoms with Gasteiger partial charge in [0.25, 0.3) is 0 Å². The first-order valence-electron chi connectivity index (χ1n) is 7.13. The summed E-state index contributed by atoms with van der Waals surface area (Å²) >= 11 is 11.8. The number of nitrogens with zero attached hydrogens (tertiary/aromatic N) is 2. The van der Waals surface area contributed by atoms with Gasteiger partial charge >= 0.3 is 35.6 Å². The quantitative estimate of drug-likeness (QED) is 0.358. The third-order valence-electron chi connectivity index (χ3n) is 3.07. The number of hydrogen-bond donors (Lipinski definition) is 0. The van der Waals surface area contributed by atoms with Crippen LogP contribution in [0.5, 0.6) is 0 Å². The molecule has 0 aliphatic carbocycles. The van der Waals surface area contributed by atoms with Crippen LogP contribution in [0.2, 0.25) is 10.0 Å². The van der Waals surface area contributed by atoms with Gasteiger partial charge < -0.3 is 10.6 Å². The molecule has 0 fully saturated rings. The standard InChI is InChI=1S/C18H12Cl2N2.2ClH.Ti/c19-13-7-1-3-9-15(13)21-17-11-5-6-12-18(17)22-16-10-4-2-8-14(16)20;;;/h1-12H;2*1H;/q-2;;;+2/p-2. The second-order valence-electron chi connectivity index (χ2n) is 4.69. The summed E-state index contributed by atoms with van der Waals surface area (Å²) < 4.78 is 0. The summed E-state index contributed by atoms with van der Waals surface area (Å²) in [5, 5.41) is 10.4. The van der Waals surface area contributed by atoms with Gasteiger partial charge in [0.05, 0.1) is 0 Å². The molecule has 7 heteroatoms. The Morgan fingerprint density at radius 2 is 0.800 bits per heavy atom. The van der Waals surface area contributed by atoms with E-state index in [4.69, 9.17) is 41.8 Å². The van der Waals surface area contributed by atoms with Gasteiger partial charge in [0.1, 0.15) is 0 Å². The molecule has 0 atom stereocenters. The number of halogens is 4. The van der Waals surface area contributed by atoms with Crippen molar-refractivity contribution in [3.8, 4) is 0 Å². The monoisotopic (exact) mass is 444 g/mol. The molecule has 0 N–H and O–H groups in total. The molecule has 0 spiro atoms. The molecule has 0 saturated carbocycles.